The lowest BCUT2D eigenvalue weighted by molar-refractivity contribution is 0.0512. The third kappa shape index (κ3) is 5.46. The zero-order chi connectivity index (χ0) is 27.5. The highest BCUT2D eigenvalue weighted by atomic mass is 32.2. The molecule has 2 aliphatic rings. The first-order chi connectivity index (χ1) is 18.9. The fourth-order valence-corrected chi connectivity index (χ4v) is 5.75. The number of methoxy groups -OCH3 is 1. The van der Waals surface area contributed by atoms with Gasteiger partial charge in [0.2, 0.25) is 5.16 Å². The van der Waals surface area contributed by atoms with Gasteiger partial charge in [-0.25, -0.2) is 14.8 Å². The average Bonchev–Trinajstić information content (AvgIpc) is 2.94. The minimum Gasteiger partial charge on any atom is -0.467 e. The summed E-state index contributed by atoms with van der Waals surface area (Å²) in [5.74, 6) is 1.38. The van der Waals surface area contributed by atoms with Gasteiger partial charge in [0.25, 0.3) is 0 Å². The van der Waals surface area contributed by atoms with E-state index in [0.717, 1.165) is 27.7 Å². The van der Waals surface area contributed by atoms with Crippen LogP contribution in [0.3, 0.4) is 0 Å². The SMILES string of the molecule is COCOc1cc(N2CCc3c(nc(S(C)=O)nc3N3CCN(C(=O)O)[C@@H](CC#N)C3)C2)c2ccccc2c1. The highest BCUT2D eigenvalue weighted by molar-refractivity contribution is 7.84. The number of benzene rings is 2. The van der Waals surface area contributed by atoms with Crippen LogP contribution in [0.4, 0.5) is 16.3 Å². The summed E-state index contributed by atoms with van der Waals surface area (Å²) in [4.78, 5) is 26.7. The molecule has 2 atom stereocenters. The lowest BCUT2D eigenvalue weighted by atomic mass is 10.0. The molecule has 12 heteroatoms. The molecule has 204 valence electrons. The molecule has 11 nitrogen and oxygen atoms in total. The van der Waals surface area contributed by atoms with Crippen LogP contribution in [0.25, 0.3) is 10.8 Å². The van der Waals surface area contributed by atoms with Gasteiger partial charge in [0.15, 0.2) is 6.79 Å². The molecule has 1 unspecified atom stereocenters. The van der Waals surface area contributed by atoms with Gasteiger partial charge in [-0.05, 0) is 17.9 Å². The number of rotatable bonds is 7. The summed E-state index contributed by atoms with van der Waals surface area (Å²) in [7, 11) is 0.172. The number of amides is 1. The van der Waals surface area contributed by atoms with Crippen molar-refractivity contribution in [3.63, 3.8) is 0 Å². The van der Waals surface area contributed by atoms with Crippen LogP contribution in [-0.2, 0) is 28.5 Å². The molecular formula is C27H30N6O5S. The van der Waals surface area contributed by atoms with Crippen LogP contribution in [0.5, 0.6) is 5.75 Å². The lowest BCUT2D eigenvalue weighted by Gasteiger charge is -2.41. The van der Waals surface area contributed by atoms with Gasteiger partial charge in [-0.15, -0.1) is 0 Å². The second kappa shape index (κ2) is 11.4. The normalized spacial score (nSPS) is 18.0. The van der Waals surface area contributed by atoms with E-state index in [-0.39, 0.29) is 24.9 Å². The maximum absolute atomic E-state index is 12.5. The predicted octanol–water partition coefficient (Wildman–Crippen LogP) is 2.99. The van der Waals surface area contributed by atoms with E-state index in [1.165, 1.54) is 4.90 Å². The molecule has 39 heavy (non-hydrogen) atoms. The number of nitrogens with zero attached hydrogens (tertiary/aromatic N) is 6. The number of carboxylic acid groups (broad SMARTS) is 1. The molecule has 1 fully saturated rings. The molecule has 0 saturated carbocycles. The van der Waals surface area contributed by atoms with Crippen molar-refractivity contribution in [2.24, 2.45) is 0 Å². The van der Waals surface area contributed by atoms with Crippen molar-refractivity contribution in [1.82, 2.24) is 14.9 Å². The van der Waals surface area contributed by atoms with Crippen LogP contribution in [0.2, 0.25) is 0 Å². The lowest BCUT2D eigenvalue weighted by Crippen LogP contribution is -2.55. The molecule has 3 heterocycles. The smallest absolute Gasteiger partial charge is 0.407 e. The van der Waals surface area contributed by atoms with E-state index < -0.39 is 22.9 Å². The Hall–Kier alpha value is -3.95. The fraction of sp³-hybridized carbons (Fsp3) is 0.407. The summed E-state index contributed by atoms with van der Waals surface area (Å²) in [5, 5.41) is 21.3. The molecule has 0 aliphatic carbocycles. The second-order valence-electron chi connectivity index (χ2n) is 9.53. The van der Waals surface area contributed by atoms with Crippen LogP contribution in [-0.4, -0.2) is 82.7 Å². The number of hydrogen-bond acceptors (Lipinski definition) is 9. The molecule has 2 aromatic carbocycles. The van der Waals surface area contributed by atoms with E-state index in [1.807, 2.05) is 35.2 Å². The molecule has 1 N–H and O–H groups in total. The van der Waals surface area contributed by atoms with Gasteiger partial charge >= 0.3 is 6.09 Å². The van der Waals surface area contributed by atoms with Crippen molar-refractivity contribution < 1.29 is 23.6 Å². The molecule has 1 saturated heterocycles. The molecule has 0 radical (unpaired) electrons. The molecule has 0 spiro atoms. The Morgan fingerprint density at radius 3 is 2.77 bits per heavy atom. The summed E-state index contributed by atoms with van der Waals surface area (Å²) in [6, 6.07) is 13.7. The zero-order valence-corrected chi connectivity index (χ0v) is 22.7. The monoisotopic (exact) mass is 550 g/mol. The summed E-state index contributed by atoms with van der Waals surface area (Å²) < 4.78 is 23.4. The van der Waals surface area contributed by atoms with Gasteiger partial charge in [-0.1, -0.05) is 24.3 Å². The molecule has 1 aromatic heterocycles. The minimum absolute atomic E-state index is 0.0883. The highest BCUT2D eigenvalue weighted by Gasteiger charge is 2.34. The van der Waals surface area contributed by atoms with Crippen LogP contribution in [0.15, 0.2) is 41.6 Å². The first kappa shape index (κ1) is 26.6. The summed E-state index contributed by atoms with van der Waals surface area (Å²) in [5.41, 5.74) is 2.77. The molecular weight excluding hydrogens is 520 g/mol. The van der Waals surface area contributed by atoms with Crippen molar-refractivity contribution in [3.05, 3.63) is 47.7 Å². The van der Waals surface area contributed by atoms with Crippen LogP contribution >= 0.6 is 0 Å². The molecule has 0 bridgehead atoms. The largest absolute Gasteiger partial charge is 0.467 e. The first-order valence-electron chi connectivity index (χ1n) is 12.6. The molecule has 3 aromatic rings. The first-order valence-corrected chi connectivity index (χ1v) is 14.2. The number of anilines is 2. The molecule has 5 rings (SSSR count). The van der Waals surface area contributed by atoms with E-state index >= 15 is 0 Å². The van der Waals surface area contributed by atoms with Crippen molar-refractivity contribution in [2.45, 2.75) is 30.6 Å². The summed E-state index contributed by atoms with van der Waals surface area (Å²) in [6.07, 6.45) is 1.26. The Morgan fingerprint density at radius 2 is 2.03 bits per heavy atom. The maximum Gasteiger partial charge on any atom is 0.407 e. The number of aromatic nitrogens is 2. The number of piperazine rings is 1. The standard InChI is InChI=1S/C27H30N6O5S/c1-37-17-38-20-13-18-5-3-4-6-21(18)24(14-20)31-10-8-22-23(16-31)29-26(39(2)36)30-25(22)32-11-12-33(27(34)35)19(15-32)7-9-28/h3-6,13-14,19H,7-8,10-12,15-17H2,1-2H3,(H,34,35)/t19-,39?/m0/s1. The number of hydrogen-bond donors (Lipinski definition) is 1. The van der Waals surface area contributed by atoms with Gasteiger partial charge in [0, 0.05) is 62.2 Å². The van der Waals surface area contributed by atoms with Crippen LogP contribution < -0.4 is 14.5 Å². The van der Waals surface area contributed by atoms with E-state index in [9.17, 15) is 19.4 Å². The third-order valence-corrected chi connectivity index (χ3v) is 7.83. The average molecular weight is 551 g/mol. The third-order valence-electron chi connectivity index (χ3n) is 7.13. The van der Waals surface area contributed by atoms with E-state index in [1.54, 1.807) is 13.4 Å². The number of fused-ring (bicyclic) bond motifs is 2. The zero-order valence-electron chi connectivity index (χ0n) is 21.9. The highest BCUT2D eigenvalue weighted by Crippen LogP contribution is 2.36. The van der Waals surface area contributed by atoms with Gasteiger partial charge in [0.1, 0.15) is 11.6 Å². The van der Waals surface area contributed by atoms with E-state index in [2.05, 4.69) is 22.0 Å². The number of carbonyl (C=O) groups is 1. The van der Waals surface area contributed by atoms with Crippen molar-refractivity contribution in [3.8, 4) is 11.8 Å². The van der Waals surface area contributed by atoms with Gasteiger partial charge in [-0.2, -0.15) is 5.26 Å². The quantitative estimate of drug-likeness (QED) is 0.346. The number of nitriles is 1. The van der Waals surface area contributed by atoms with Crippen LogP contribution in [0, 0.1) is 11.3 Å². The van der Waals surface area contributed by atoms with E-state index in [4.69, 9.17) is 14.5 Å². The molecule has 2 aliphatic heterocycles. The summed E-state index contributed by atoms with van der Waals surface area (Å²) >= 11 is 0. The van der Waals surface area contributed by atoms with E-state index in [0.29, 0.717) is 44.2 Å². The van der Waals surface area contributed by atoms with Crippen molar-refractivity contribution in [2.75, 3.05) is 56.1 Å². The second-order valence-corrected chi connectivity index (χ2v) is 10.8. The predicted molar refractivity (Wildman–Crippen MR) is 147 cm³/mol. The van der Waals surface area contributed by atoms with Crippen LogP contribution in [0.1, 0.15) is 17.7 Å². The Morgan fingerprint density at radius 1 is 1.21 bits per heavy atom. The molecule has 1 amide bonds. The fourth-order valence-electron chi connectivity index (χ4n) is 5.30. The topological polar surface area (TPSA) is 132 Å². The minimum atomic E-state index is -1.41. The van der Waals surface area contributed by atoms with Crippen molar-refractivity contribution in [1.29, 1.82) is 5.26 Å². The Kier molecular flexibility index (Phi) is 7.81. The van der Waals surface area contributed by atoms with Crippen molar-refractivity contribution >= 4 is 39.2 Å². The maximum atomic E-state index is 12.5. The van der Waals surface area contributed by atoms with Gasteiger partial charge in [0.05, 0.1) is 41.6 Å². The van der Waals surface area contributed by atoms with Gasteiger partial charge < -0.3 is 29.3 Å². The Bertz CT molecular complexity index is 1460. The summed E-state index contributed by atoms with van der Waals surface area (Å²) in [6.45, 7) is 2.37. The Labute approximate surface area is 229 Å². The number of ether oxygens (including phenoxy) is 2. The van der Waals surface area contributed by atoms with Gasteiger partial charge in [-0.3, -0.25) is 4.21 Å². The Balaban J connectivity index is 1.51.